The van der Waals surface area contributed by atoms with Gasteiger partial charge in [-0.05, 0) is 12.8 Å². The smallest absolute Gasteiger partial charge is 0.325 e. The maximum Gasteiger partial charge on any atom is 0.325 e. The molecule has 1 saturated heterocycles. The van der Waals surface area contributed by atoms with Gasteiger partial charge < -0.3 is 9.57 Å². The zero-order valence-corrected chi connectivity index (χ0v) is 5.92. The predicted octanol–water partition coefficient (Wildman–Crippen LogP) is -0.157. The van der Waals surface area contributed by atoms with Crippen LogP contribution in [0.1, 0.15) is 12.8 Å². The van der Waals surface area contributed by atoms with Gasteiger partial charge in [0.15, 0.2) is 0 Å². The molecular formula is C6H11NO3. The van der Waals surface area contributed by atoms with Crippen molar-refractivity contribution in [1.29, 1.82) is 0 Å². The molecule has 1 unspecified atom stereocenters. The average molecular weight is 145 g/mol. The second kappa shape index (κ2) is 3.53. The first-order valence-electron chi connectivity index (χ1n) is 3.29. The third-order valence-corrected chi connectivity index (χ3v) is 1.45. The number of hydrogen-bond acceptors (Lipinski definition) is 4. The van der Waals surface area contributed by atoms with Gasteiger partial charge in [-0.25, -0.2) is 0 Å². The molecule has 10 heavy (non-hydrogen) atoms. The molecule has 0 aromatic rings. The van der Waals surface area contributed by atoms with E-state index in [2.05, 4.69) is 10.2 Å². The van der Waals surface area contributed by atoms with E-state index in [-0.39, 0.29) is 12.0 Å². The van der Waals surface area contributed by atoms with E-state index in [1.54, 1.807) is 0 Å². The molecule has 1 N–H and O–H groups in total. The van der Waals surface area contributed by atoms with Crippen LogP contribution in [0.25, 0.3) is 0 Å². The molecule has 1 atom stereocenters. The number of esters is 1. The summed E-state index contributed by atoms with van der Waals surface area (Å²) in [5.41, 5.74) is 2.60. The van der Waals surface area contributed by atoms with Gasteiger partial charge in [-0.3, -0.25) is 4.79 Å². The molecule has 58 valence electrons. The molecule has 0 bridgehead atoms. The van der Waals surface area contributed by atoms with Crippen molar-refractivity contribution in [2.75, 3.05) is 13.7 Å². The molecule has 1 heterocycles. The molecule has 0 amide bonds. The van der Waals surface area contributed by atoms with E-state index in [1.165, 1.54) is 7.11 Å². The molecule has 0 spiro atoms. The van der Waals surface area contributed by atoms with Crippen LogP contribution in [0.3, 0.4) is 0 Å². The normalized spacial score (nSPS) is 25.9. The standard InChI is InChI=1S/C6H11NO3/c1-9-6(8)5-3-2-4-10-7-5/h5,7H,2-4H2,1H3. The van der Waals surface area contributed by atoms with E-state index in [9.17, 15) is 4.79 Å². The van der Waals surface area contributed by atoms with E-state index in [4.69, 9.17) is 4.84 Å². The fourth-order valence-corrected chi connectivity index (χ4v) is 0.886. The molecule has 0 aromatic carbocycles. The summed E-state index contributed by atoms with van der Waals surface area (Å²) in [5, 5.41) is 0. The average Bonchev–Trinajstić information content (AvgIpc) is 2.05. The lowest BCUT2D eigenvalue weighted by Gasteiger charge is -2.20. The lowest BCUT2D eigenvalue weighted by molar-refractivity contribution is -0.150. The Morgan fingerprint density at radius 2 is 2.60 bits per heavy atom. The molecule has 4 nitrogen and oxygen atoms in total. The Kier molecular flexibility index (Phi) is 2.65. The summed E-state index contributed by atoms with van der Waals surface area (Å²) in [6, 6.07) is -0.265. The fourth-order valence-electron chi connectivity index (χ4n) is 0.886. The third kappa shape index (κ3) is 1.68. The fraction of sp³-hybridized carbons (Fsp3) is 0.833. The number of carbonyl (C=O) groups excluding carboxylic acids is 1. The van der Waals surface area contributed by atoms with Gasteiger partial charge in [0.2, 0.25) is 0 Å². The predicted molar refractivity (Wildman–Crippen MR) is 34.1 cm³/mol. The zero-order chi connectivity index (χ0) is 7.40. The van der Waals surface area contributed by atoms with Crippen LogP contribution in [-0.4, -0.2) is 25.7 Å². The number of methoxy groups -OCH3 is 1. The summed E-state index contributed by atoms with van der Waals surface area (Å²) in [6.07, 6.45) is 1.71. The van der Waals surface area contributed by atoms with E-state index in [0.717, 1.165) is 12.8 Å². The van der Waals surface area contributed by atoms with Crippen LogP contribution in [0.4, 0.5) is 0 Å². The molecule has 0 aromatic heterocycles. The Morgan fingerprint density at radius 1 is 1.80 bits per heavy atom. The number of ether oxygens (including phenoxy) is 1. The first-order chi connectivity index (χ1) is 4.84. The van der Waals surface area contributed by atoms with Gasteiger partial charge in [-0.1, -0.05) is 0 Å². The molecule has 1 rings (SSSR count). The number of rotatable bonds is 1. The van der Waals surface area contributed by atoms with Crippen molar-refractivity contribution >= 4 is 5.97 Å². The number of hydroxylamine groups is 1. The molecule has 0 saturated carbocycles. The van der Waals surface area contributed by atoms with Crippen molar-refractivity contribution in [1.82, 2.24) is 5.48 Å². The first-order valence-corrected chi connectivity index (χ1v) is 3.29. The quantitative estimate of drug-likeness (QED) is 0.521. The zero-order valence-electron chi connectivity index (χ0n) is 5.92. The Bertz CT molecular complexity index is 120. The van der Waals surface area contributed by atoms with Gasteiger partial charge in [0.05, 0.1) is 13.7 Å². The summed E-state index contributed by atoms with van der Waals surface area (Å²) in [5.74, 6) is -0.250. The van der Waals surface area contributed by atoms with Crippen LogP contribution in [0.2, 0.25) is 0 Å². The van der Waals surface area contributed by atoms with Crippen LogP contribution in [0, 0.1) is 0 Å². The highest BCUT2D eigenvalue weighted by Crippen LogP contribution is 2.04. The highest BCUT2D eigenvalue weighted by molar-refractivity contribution is 5.75. The molecule has 0 aliphatic carbocycles. The number of hydrogen-bond donors (Lipinski definition) is 1. The van der Waals surface area contributed by atoms with Crippen molar-refractivity contribution in [2.24, 2.45) is 0 Å². The molecule has 1 aliphatic heterocycles. The van der Waals surface area contributed by atoms with Gasteiger partial charge in [0, 0.05) is 0 Å². The molecular weight excluding hydrogens is 134 g/mol. The van der Waals surface area contributed by atoms with E-state index in [1.807, 2.05) is 0 Å². The van der Waals surface area contributed by atoms with Crippen molar-refractivity contribution in [3.8, 4) is 0 Å². The summed E-state index contributed by atoms with van der Waals surface area (Å²) in [6.45, 7) is 0.674. The van der Waals surface area contributed by atoms with Gasteiger partial charge in [-0.15, -0.1) is 0 Å². The minimum absolute atomic E-state index is 0.250. The Labute approximate surface area is 59.5 Å². The Balaban J connectivity index is 2.31. The van der Waals surface area contributed by atoms with Gasteiger partial charge in [-0.2, -0.15) is 5.48 Å². The van der Waals surface area contributed by atoms with Crippen LogP contribution in [0.5, 0.6) is 0 Å². The first kappa shape index (κ1) is 7.50. The number of nitrogens with one attached hydrogen (secondary N) is 1. The third-order valence-electron chi connectivity index (χ3n) is 1.45. The monoisotopic (exact) mass is 145 g/mol. The van der Waals surface area contributed by atoms with Crippen molar-refractivity contribution in [3.05, 3.63) is 0 Å². The maximum atomic E-state index is 10.8. The van der Waals surface area contributed by atoms with Gasteiger partial charge in [0.25, 0.3) is 0 Å². The summed E-state index contributed by atoms with van der Waals surface area (Å²) in [4.78, 5) is 15.7. The van der Waals surface area contributed by atoms with Gasteiger partial charge in [0.1, 0.15) is 6.04 Å². The second-order valence-electron chi connectivity index (χ2n) is 2.18. The highest BCUT2D eigenvalue weighted by atomic mass is 16.7. The van der Waals surface area contributed by atoms with Crippen LogP contribution in [-0.2, 0) is 14.4 Å². The maximum absolute atomic E-state index is 10.8. The van der Waals surface area contributed by atoms with E-state index >= 15 is 0 Å². The largest absolute Gasteiger partial charge is 0.468 e. The van der Waals surface area contributed by atoms with Crippen molar-refractivity contribution in [3.63, 3.8) is 0 Å². The topological polar surface area (TPSA) is 47.6 Å². The van der Waals surface area contributed by atoms with E-state index in [0.29, 0.717) is 6.61 Å². The Hall–Kier alpha value is -0.610. The highest BCUT2D eigenvalue weighted by Gasteiger charge is 2.21. The SMILES string of the molecule is COC(=O)C1CCCON1. The molecule has 1 aliphatic rings. The summed E-state index contributed by atoms with van der Waals surface area (Å²) < 4.78 is 4.51. The summed E-state index contributed by atoms with van der Waals surface area (Å²) >= 11 is 0. The van der Waals surface area contributed by atoms with E-state index < -0.39 is 0 Å². The molecule has 0 radical (unpaired) electrons. The lowest BCUT2D eigenvalue weighted by atomic mass is 10.1. The van der Waals surface area contributed by atoms with Gasteiger partial charge >= 0.3 is 5.97 Å². The minimum Gasteiger partial charge on any atom is -0.468 e. The number of carbonyl (C=O) groups is 1. The molecule has 1 fully saturated rings. The second-order valence-corrected chi connectivity index (χ2v) is 2.18. The van der Waals surface area contributed by atoms with Crippen LogP contribution in [0.15, 0.2) is 0 Å². The minimum atomic E-state index is -0.265. The summed E-state index contributed by atoms with van der Waals surface area (Å²) in [7, 11) is 1.37. The van der Waals surface area contributed by atoms with Crippen LogP contribution >= 0.6 is 0 Å². The lowest BCUT2D eigenvalue weighted by Crippen LogP contribution is -2.41. The van der Waals surface area contributed by atoms with Crippen molar-refractivity contribution < 1.29 is 14.4 Å². The van der Waals surface area contributed by atoms with Crippen LogP contribution < -0.4 is 5.48 Å². The van der Waals surface area contributed by atoms with Crippen molar-refractivity contribution in [2.45, 2.75) is 18.9 Å². The Morgan fingerprint density at radius 3 is 3.10 bits per heavy atom. The molecule has 4 heteroatoms.